The zero-order valence-corrected chi connectivity index (χ0v) is 12.4. The third kappa shape index (κ3) is 2.06. The maximum atomic E-state index is 12.8. The topological polar surface area (TPSA) is 78.9 Å². The fourth-order valence-corrected chi connectivity index (χ4v) is 3.44. The fraction of sp³-hybridized carbons (Fsp3) is 0.786. The van der Waals surface area contributed by atoms with Gasteiger partial charge in [-0.25, -0.2) is 4.79 Å². The molecule has 1 spiro atoms. The molecule has 1 aliphatic carbocycles. The zero-order chi connectivity index (χ0) is 15.2. The Bertz CT molecular complexity index is 489. The average Bonchev–Trinajstić information content (AvgIpc) is 2.79. The molecular weight excluding hydrogens is 274 g/mol. The Morgan fingerprint density at radius 3 is 2.67 bits per heavy atom. The minimum atomic E-state index is -0.682. The van der Waals surface area contributed by atoms with Crippen molar-refractivity contribution >= 4 is 17.9 Å². The predicted octanol–water partition coefficient (Wildman–Crippen LogP) is 0.0967. The summed E-state index contributed by atoms with van der Waals surface area (Å²) in [7, 11) is 0. The van der Waals surface area contributed by atoms with Crippen LogP contribution in [0.4, 0.5) is 4.79 Å². The van der Waals surface area contributed by atoms with E-state index in [1.807, 2.05) is 6.92 Å². The van der Waals surface area contributed by atoms with Crippen LogP contribution in [0.25, 0.3) is 0 Å². The van der Waals surface area contributed by atoms with Crippen molar-refractivity contribution in [1.29, 1.82) is 0 Å². The van der Waals surface area contributed by atoms with Crippen molar-refractivity contribution in [3.8, 4) is 0 Å². The lowest BCUT2D eigenvalue weighted by molar-refractivity contribution is -0.155. The molecule has 2 atom stereocenters. The molecule has 0 radical (unpaired) electrons. The van der Waals surface area contributed by atoms with Crippen LogP contribution in [0.15, 0.2) is 0 Å². The second-order valence-corrected chi connectivity index (χ2v) is 6.01. The van der Waals surface area contributed by atoms with Crippen molar-refractivity contribution < 1.29 is 19.1 Å². The smallest absolute Gasteiger partial charge is 0.408 e. The molecule has 2 saturated heterocycles. The summed E-state index contributed by atoms with van der Waals surface area (Å²) in [6, 6.07) is -1.14. The molecule has 1 saturated carbocycles. The number of carbonyl (C=O) groups excluding carboxylic acids is 3. The van der Waals surface area contributed by atoms with Crippen molar-refractivity contribution in [2.45, 2.75) is 50.8 Å². The van der Waals surface area contributed by atoms with E-state index in [2.05, 4.69) is 5.32 Å². The van der Waals surface area contributed by atoms with Gasteiger partial charge in [0.15, 0.2) is 6.04 Å². The van der Waals surface area contributed by atoms with Crippen LogP contribution in [0.5, 0.6) is 0 Å². The molecule has 21 heavy (non-hydrogen) atoms. The van der Waals surface area contributed by atoms with Gasteiger partial charge in [0.05, 0.1) is 0 Å². The number of hydrogen-bond donors (Lipinski definition) is 1. The normalized spacial score (nSPS) is 31.0. The van der Waals surface area contributed by atoms with Gasteiger partial charge in [-0.1, -0.05) is 0 Å². The number of amides is 3. The molecule has 3 amide bonds. The van der Waals surface area contributed by atoms with E-state index in [0.717, 1.165) is 6.42 Å². The SMILES string of the molecule is CCN1CCN(C(=O)C2NC(=O)OC23CCC3)C(C)C1=O. The lowest BCUT2D eigenvalue weighted by Gasteiger charge is -2.44. The van der Waals surface area contributed by atoms with Crippen LogP contribution >= 0.6 is 0 Å². The number of likely N-dealkylation sites (N-methyl/N-ethyl adjacent to an activating group) is 1. The Morgan fingerprint density at radius 2 is 2.10 bits per heavy atom. The van der Waals surface area contributed by atoms with E-state index in [1.54, 1.807) is 16.7 Å². The molecule has 0 aromatic heterocycles. The molecule has 7 heteroatoms. The van der Waals surface area contributed by atoms with Gasteiger partial charge >= 0.3 is 6.09 Å². The summed E-state index contributed by atoms with van der Waals surface area (Å²) in [5.74, 6) is -0.234. The van der Waals surface area contributed by atoms with Crippen LogP contribution < -0.4 is 5.32 Å². The van der Waals surface area contributed by atoms with Gasteiger partial charge in [-0.3, -0.25) is 9.59 Å². The number of hydrogen-bond acceptors (Lipinski definition) is 4. The summed E-state index contributed by atoms with van der Waals surface area (Å²) >= 11 is 0. The lowest BCUT2D eigenvalue weighted by atomic mass is 9.74. The molecule has 0 aromatic carbocycles. The molecule has 7 nitrogen and oxygen atoms in total. The number of rotatable bonds is 2. The molecule has 2 heterocycles. The quantitative estimate of drug-likeness (QED) is 0.783. The molecule has 3 aliphatic rings. The van der Waals surface area contributed by atoms with Crippen molar-refractivity contribution in [3.63, 3.8) is 0 Å². The highest BCUT2D eigenvalue weighted by Gasteiger charge is 2.58. The van der Waals surface area contributed by atoms with Crippen LogP contribution in [-0.4, -0.2) is 65.0 Å². The molecule has 2 aliphatic heterocycles. The van der Waals surface area contributed by atoms with Gasteiger partial charge in [-0.15, -0.1) is 0 Å². The number of ether oxygens (including phenoxy) is 1. The van der Waals surface area contributed by atoms with Crippen molar-refractivity contribution in [1.82, 2.24) is 15.1 Å². The first kappa shape index (κ1) is 14.2. The lowest BCUT2D eigenvalue weighted by Crippen LogP contribution is -2.64. The molecule has 0 aromatic rings. The maximum Gasteiger partial charge on any atom is 0.408 e. The van der Waals surface area contributed by atoms with E-state index < -0.39 is 23.8 Å². The highest BCUT2D eigenvalue weighted by atomic mass is 16.6. The number of carbonyl (C=O) groups is 3. The van der Waals surface area contributed by atoms with Gasteiger partial charge in [0.1, 0.15) is 11.6 Å². The van der Waals surface area contributed by atoms with Crippen molar-refractivity contribution in [3.05, 3.63) is 0 Å². The monoisotopic (exact) mass is 295 g/mol. The molecule has 2 unspecified atom stereocenters. The fourth-order valence-electron chi connectivity index (χ4n) is 3.44. The van der Waals surface area contributed by atoms with Crippen LogP contribution in [-0.2, 0) is 14.3 Å². The van der Waals surface area contributed by atoms with Crippen LogP contribution in [0.3, 0.4) is 0 Å². The van der Waals surface area contributed by atoms with Gasteiger partial charge in [0.25, 0.3) is 0 Å². The second-order valence-electron chi connectivity index (χ2n) is 6.01. The van der Waals surface area contributed by atoms with E-state index >= 15 is 0 Å². The Kier molecular flexibility index (Phi) is 3.30. The largest absolute Gasteiger partial charge is 0.440 e. The Labute approximate surface area is 123 Å². The molecule has 116 valence electrons. The maximum absolute atomic E-state index is 12.8. The average molecular weight is 295 g/mol. The summed E-state index contributed by atoms with van der Waals surface area (Å²) in [4.78, 5) is 39.8. The van der Waals surface area contributed by atoms with E-state index in [-0.39, 0.29) is 11.8 Å². The summed E-state index contributed by atoms with van der Waals surface area (Å²) in [6.45, 7) is 5.37. The third-order valence-corrected chi connectivity index (χ3v) is 4.94. The molecular formula is C14H21N3O4. The zero-order valence-electron chi connectivity index (χ0n) is 12.4. The van der Waals surface area contributed by atoms with Gasteiger partial charge < -0.3 is 19.9 Å². The van der Waals surface area contributed by atoms with Gasteiger partial charge in [-0.2, -0.15) is 0 Å². The first-order valence-corrected chi connectivity index (χ1v) is 7.57. The van der Waals surface area contributed by atoms with Crippen LogP contribution in [0.1, 0.15) is 33.1 Å². The molecule has 3 rings (SSSR count). The van der Waals surface area contributed by atoms with Gasteiger partial charge in [-0.05, 0) is 33.1 Å². The summed E-state index contributed by atoms with van der Waals surface area (Å²) in [6.07, 6.45) is 1.84. The van der Waals surface area contributed by atoms with Crippen molar-refractivity contribution in [2.75, 3.05) is 19.6 Å². The van der Waals surface area contributed by atoms with E-state index in [9.17, 15) is 14.4 Å². The Balaban J connectivity index is 1.76. The Morgan fingerprint density at radius 1 is 1.38 bits per heavy atom. The number of nitrogens with zero attached hydrogens (tertiary/aromatic N) is 2. The summed E-state index contributed by atoms with van der Waals surface area (Å²) in [5, 5.41) is 2.63. The number of piperazine rings is 1. The van der Waals surface area contributed by atoms with E-state index in [0.29, 0.717) is 32.5 Å². The van der Waals surface area contributed by atoms with Gasteiger partial charge in [0, 0.05) is 19.6 Å². The number of nitrogens with one attached hydrogen (secondary N) is 1. The minimum Gasteiger partial charge on any atom is -0.440 e. The van der Waals surface area contributed by atoms with Crippen LogP contribution in [0, 0.1) is 0 Å². The standard InChI is InChI=1S/C14H21N3O4/c1-3-16-7-8-17(9(2)11(16)18)12(19)10-14(5-4-6-14)21-13(20)15-10/h9-10H,3-8H2,1-2H3,(H,15,20). The Hall–Kier alpha value is -1.79. The first-order valence-electron chi connectivity index (χ1n) is 7.57. The summed E-state index contributed by atoms with van der Waals surface area (Å²) in [5.41, 5.74) is -0.682. The molecule has 1 N–H and O–H groups in total. The second kappa shape index (κ2) is 4.89. The van der Waals surface area contributed by atoms with E-state index in [4.69, 9.17) is 4.74 Å². The van der Waals surface area contributed by atoms with E-state index in [1.165, 1.54) is 0 Å². The van der Waals surface area contributed by atoms with Crippen molar-refractivity contribution in [2.24, 2.45) is 0 Å². The van der Waals surface area contributed by atoms with Gasteiger partial charge in [0.2, 0.25) is 11.8 Å². The molecule has 3 fully saturated rings. The minimum absolute atomic E-state index is 0.0370. The third-order valence-electron chi connectivity index (χ3n) is 4.94. The first-order chi connectivity index (χ1) is 9.98. The highest BCUT2D eigenvalue weighted by molar-refractivity contribution is 5.94. The highest BCUT2D eigenvalue weighted by Crippen LogP contribution is 2.42. The predicted molar refractivity (Wildman–Crippen MR) is 73.4 cm³/mol. The molecule has 0 bridgehead atoms. The summed E-state index contributed by atoms with van der Waals surface area (Å²) < 4.78 is 5.32. The van der Waals surface area contributed by atoms with Crippen LogP contribution in [0.2, 0.25) is 0 Å². The number of alkyl carbamates (subject to hydrolysis) is 1.